The number of ether oxygens (including phenoxy) is 2. The number of amides is 11. The molecule has 6 unspecified atom stereocenters. The van der Waals surface area contributed by atoms with Gasteiger partial charge in [-0.25, -0.2) is 9.67 Å². The first-order chi connectivity index (χ1) is 60.5. The van der Waals surface area contributed by atoms with Crippen LogP contribution in [0.15, 0.2) is 6.33 Å². The highest BCUT2D eigenvalue weighted by Gasteiger charge is 2.38. The van der Waals surface area contributed by atoms with E-state index >= 15 is 0 Å². The number of piperidine rings is 2. The summed E-state index contributed by atoms with van der Waals surface area (Å²) in [4.78, 5) is 143. The summed E-state index contributed by atoms with van der Waals surface area (Å²) >= 11 is 0. The lowest BCUT2D eigenvalue weighted by atomic mass is 9.80. The first-order valence-electron chi connectivity index (χ1n) is 48.8. The molecule has 9 aliphatic rings. The van der Waals surface area contributed by atoms with Gasteiger partial charge in [0.2, 0.25) is 65.0 Å². The summed E-state index contributed by atoms with van der Waals surface area (Å²) in [5, 5.41) is 68.9. The van der Waals surface area contributed by atoms with Crippen LogP contribution in [0.3, 0.4) is 0 Å². The zero-order valence-corrected chi connectivity index (χ0v) is 83.2. The molecule has 1 aliphatic carbocycles. The van der Waals surface area contributed by atoms with Crippen molar-refractivity contribution in [1.82, 2.24) is 65.0 Å². The first kappa shape index (κ1) is 118. The summed E-state index contributed by atoms with van der Waals surface area (Å²) in [6.45, 7) is 53.8. The number of likely N-dealkylation sites (tertiary alicyclic amines) is 4. The number of hydrogen-bond acceptors (Lipinski definition) is 21. The van der Waals surface area contributed by atoms with Gasteiger partial charge in [0.25, 0.3) is 0 Å². The molecule has 33 nitrogen and oxygen atoms in total. The maximum atomic E-state index is 12.2. The van der Waals surface area contributed by atoms with Gasteiger partial charge in [-0.05, 0) is 162 Å². The molecule has 8 fully saturated rings. The van der Waals surface area contributed by atoms with Crippen LogP contribution in [0.2, 0.25) is 0 Å². The van der Waals surface area contributed by atoms with Crippen LogP contribution in [0.1, 0.15) is 305 Å². The molecule has 0 radical (unpaired) electrons. The minimum absolute atomic E-state index is 0.0364. The van der Waals surface area contributed by atoms with Gasteiger partial charge in [0, 0.05) is 142 Å². The Balaban J connectivity index is 0.000000492. The van der Waals surface area contributed by atoms with E-state index in [-0.39, 0.29) is 115 Å². The number of morpholine rings is 1. The molecule has 33 heteroatoms. The molecular formula is C96H178N14O19. The van der Waals surface area contributed by atoms with Crippen molar-refractivity contribution in [2.24, 2.45) is 64.4 Å². The second kappa shape index (κ2) is 63.2. The number of nitrogens with zero attached hydrogens (tertiary/aromatic N) is 10. The third-order valence-corrected chi connectivity index (χ3v) is 23.7. The van der Waals surface area contributed by atoms with Crippen molar-refractivity contribution in [3.05, 3.63) is 12.2 Å². The Hall–Kier alpha value is -7.01. The van der Waals surface area contributed by atoms with Gasteiger partial charge in [0.05, 0.1) is 88.2 Å². The summed E-state index contributed by atoms with van der Waals surface area (Å²) < 4.78 is 12.1. The topological polar surface area (TPSA) is 443 Å². The van der Waals surface area contributed by atoms with Gasteiger partial charge in [-0.3, -0.25) is 52.7 Å². The molecule has 9 heterocycles. The van der Waals surface area contributed by atoms with E-state index in [1.807, 2.05) is 28.3 Å². The fraction of sp³-hybridized carbons (Fsp3) is 0.865. The maximum Gasteiger partial charge on any atom is 0.240 e. The van der Waals surface area contributed by atoms with Gasteiger partial charge < -0.3 is 96.1 Å². The van der Waals surface area contributed by atoms with Crippen LogP contribution in [-0.4, -0.2) is 311 Å². The number of fused-ring (bicyclic) bond motifs is 1. The molecule has 0 aromatic carbocycles. The zero-order chi connectivity index (χ0) is 97.3. The van der Waals surface area contributed by atoms with Crippen molar-refractivity contribution in [1.29, 1.82) is 0 Å². The molecule has 7 saturated heterocycles. The number of aliphatic hydroxyl groups excluding tert-OH is 5. The molecule has 6 atom stereocenters. The number of primary amides is 1. The number of nitrogens with two attached hydrogens (primary N) is 1. The van der Waals surface area contributed by atoms with Crippen LogP contribution in [-0.2, 0) is 75.3 Å². The van der Waals surface area contributed by atoms with E-state index in [9.17, 15) is 83.4 Å². The van der Waals surface area contributed by atoms with Gasteiger partial charge in [-0.2, -0.15) is 5.10 Å². The Bertz CT molecular complexity index is 3360. The van der Waals surface area contributed by atoms with Crippen molar-refractivity contribution in [3.63, 3.8) is 0 Å². The summed E-state index contributed by atoms with van der Waals surface area (Å²) in [5.41, 5.74) is 4.43. The van der Waals surface area contributed by atoms with E-state index < -0.39 is 30.0 Å². The quantitative estimate of drug-likeness (QED) is 0.0333. The fourth-order valence-corrected chi connectivity index (χ4v) is 15.1. The second-order valence-electron chi connectivity index (χ2n) is 40.9. The number of aliphatic hydroxyl groups is 6. The second-order valence-corrected chi connectivity index (χ2v) is 40.9. The summed E-state index contributed by atoms with van der Waals surface area (Å²) in [6, 6.07) is -0.0747. The molecule has 11 N–H and O–H groups in total. The smallest absolute Gasteiger partial charge is 0.240 e. The SMILES string of the molecule is CC(C)CC(C)(C)C(=O)N1CCOCC1.CC(C)CCC(=O)N1CC(O)C(O)C1.CC(C)CCC(=O)N1CCC(O)C(O)C1.CC(C)CCC(=O)N1CCCC(O)C1.CC(C)CCC(=O)N1CCCC1C(N)=O.CC(C)CCC(=O)N1CCNC(=O)C1.CC(C)CCC(=O)N1CCn2ncnc2C1.CC(C)CCC(=O)NC1COC1.CC(C)CCC(=O)NCC1(O)CCC1. The molecule has 0 spiro atoms. The normalized spacial score (nSPS) is 20.6. The minimum atomic E-state index is -0.776. The number of carbonyl (C=O) groups is 11. The van der Waals surface area contributed by atoms with Crippen LogP contribution < -0.4 is 21.7 Å². The van der Waals surface area contributed by atoms with Crippen molar-refractivity contribution in [2.45, 2.75) is 360 Å². The maximum absolute atomic E-state index is 12.2. The Morgan fingerprint density at radius 3 is 1.34 bits per heavy atom. The monoisotopic (exact) mass is 1830 g/mol. The van der Waals surface area contributed by atoms with E-state index in [0.717, 1.165) is 141 Å². The van der Waals surface area contributed by atoms with Crippen LogP contribution in [0.25, 0.3) is 0 Å². The fourth-order valence-electron chi connectivity index (χ4n) is 15.1. The van der Waals surface area contributed by atoms with Crippen molar-refractivity contribution in [3.8, 4) is 0 Å². The molecule has 1 aromatic rings. The summed E-state index contributed by atoms with van der Waals surface area (Å²) in [6.07, 6.45) is 17.8. The lowest BCUT2D eigenvalue weighted by Crippen LogP contribution is -2.49. The molecule has 1 saturated carbocycles. The molecule has 11 amide bonds. The number of aromatic nitrogens is 3. The minimum Gasteiger partial charge on any atom is -0.391 e. The lowest BCUT2D eigenvalue weighted by molar-refractivity contribution is -0.145. The average molecular weight is 1830 g/mol. The van der Waals surface area contributed by atoms with Gasteiger partial charge in [-0.1, -0.05) is 138 Å². The van der Waals surface area contributed by atoms with Gasteiger partial charge in [0.1, 0.15) is 18.2 Å². The van der Waals surface area contributed by atoms with E-state index in [4.69, 9.17) is 15.2 Å². The Kier molecular flexibility index (Phi) is 57.9. The van der Waals surface area contributed by atoms with E-state index in [1.54, 1.807) is 25.9 Å². The summed E-state index contributed by atoms with van der Waals surface area (Å²) in [7, 11) is 0. The average Bonchev–Trinajstić information content (AvgIpc) is 1.28. The largest absolute Gasteiger partial charge is 0.391 e. The highest BCUT2D eigenvalue weighted by Crippen LogP contribution is 2.31. The number of piperazine rings is 1. The van der Waals surface area contributed by atoms with Crippen molar-refractivity contribution < 1.29 is 92.9 Å². The number of hydrogen-bond donors (Lipinski definition) is 10. The highest BCUT2D eigenvalue weighted by molar-refractivity contribution is 5.88. The Labute approximate surface area is 774 Å². The molecule has 746 valence electrons. The number of rotatable bonds is 31. The Morgan fingerprint density at radius 2 is 0.907 bits per heavy atom. The number of nitrogens with one attached hydrogen (secondary N) is 3. The zero-order valence-electron chi connectivity index (χ0n) is 83.2. The van der Waals surface area contributed by atoms with Crippen LogP contribution >= 0.6 is 0 Å². The molecular weight excluding hydrogens is 1650 g/mol. The predicted octanol–water partition coefficient (Wildman–Crippen LogP) is 8.41. The van der Waals surface area contributed by atoms with Crippen LogP contribution in [0.5, 0.6) is 0 Å². The summed E-state index contributed by atoms with van der Waals surface area (Å²) in [5.74, 6) is 6.71. The van der Waals surface area contributed by atoms with Crippen molar-refractivity contribution in [2.75, 3.05) is 118 Å². The number of β-amino-alcohol motifs (C(OH)–C–C–N with tert-alkyl or cyclic N) is 4. The Morgan fingerprint density at radius 1 is 0.473 bits per heavy atom. The molecule has 8 aliphatic heterocycles. The first-order valence-corrected chi connectivity index (χ1v) is 48.8. The lowest BCUT2D eigenvalue weighted by Gasteiger charge is -2.36. The molecule has 1 aromatic heterocycles. The van der Waals surface area contributed by atoms with Crippen LogP contribution in [0, 0.1) is 58.7 Å². The van der Waals surface area contributed by atoms with Gasteiger partial charge >= 0.3 is 0 Å². The number of carbonyl (C=O) groups excluding carboxylic acids is 11. The van der Waals surface area contributed by atoms with E-state index in [2.05, 4.69) is 151 Å². The molecule has 0 bridgehead atoms. The molecule has 10 rings (SSSR count). The van der Waals surface area contributed by atoms with Gasteiger partial charge in [0.15, 0.2) is 0 Å². The van der Waals surface area contributed by atoms with Gasteiger partial charge in [-0.15, -0.1) is 0 Å². The highest BCUT2D eigenvalue weighted by atomic mass is 16.5. The standard InChI is InChI=1S/C12H23NO2.C11H18N4O.C11H20N2O2.C11H21NO3.2C11H21NO2.C10H18N2O2.C10H19NO3.C9H17NO2/c1-10(2)9-12(3,4)11(14)13-5-7-15-8-6-13;1-9(2)3-4-11(16)14-5-6-15-10(7-14)12-8-13-15;1-8(2)5-6-10(14)13-7-3-4-9(13)11(12)15;1-8(2)3-4-11(15)12-6-5-9(13)10(14)7-12;1-9(2)4-5-10(13)12-8-11(14)6-3-7-11;1-9(2)5-6-11(14)12-7-3-4-10(13)8-12;1-8(2)3-4-10(14)12-6-5-11-9(13)7-12;1-7(2)3-4-10(14)11-5-8(12)9(13)6-11;1-7(2)3-4-9(11)10-8-5-12-6-8/h10H,5-9H2,1-4H3;8-9H,3-7H2,1-2H3;8-9H,3-7H2,1-2H3,(H2,12,15);8-10,13-14H,3-7H2,1-2H3;9,14H,3-8H2,1-2H3,(H,12,13);9-10,13H,3-8H2,1-2H3;8H,3-7H2,1-2H3,(H,11,13);7-9,12-13H,3-6H2,1-2H3;7-8H,3-6H2,1-2H3,(H,10,11). The van der Waals surface area contributed by atoms with Crippen molar-refractivity contribution >= 4 is 65.0 Å². The predicted molar refractivity (Wildman–Crippen MR) is 500 cm³/mol. The molecule has 129 heavy (non-hydrogen) atoms. The van der Waals surface area contributed by atoms with Crippen LogP contribution in [0.4, 0.5) is 0 Å². The third kappa shape index (κ3) is 51.7. The van der Waals surface area contributed by atoms with E-state index in [1.165, 1.54) is 4.90 Å². The van der Waals surface area contributed by atoms with E-state index in [0.29, 0.717) is 183 Å². The third-order valence-electron chi connectivity index (χ3n) is 23.7.